The summed E-state index contributed by atoms with van der Waals surface area (Å²) < 4.78 is 12.8. The number of carbonyl (C=O) groups is 2. The lowest BCUT2D eigenvalue weighted by molar-refractivity contribution is -0.140. The maximum Gasteiger partial charge on any atom is 0.192 e. The van der Waals surface area contributed by atoms with Gasteiger partial charge in [-0.1, -0.05) is 46.8 Å². The molecule has 7 atom stereocenters. The molecule has 7 nitrogen and oxygen atoms in total. The molecule has 1 heterocycles. The Morgan fingerprint density at radius 2 is 1.73 bits per heavy atom. The zero-order valence-electron chi connectivity index (χ0n) is 21.9. The molecule has 1 fully saturated rings. The van der Waals surface area contributed by atoms with E-state index in [0.29, 0.717) is 0 Å². The van der Waals surface area contributed by atoms with Crippen LogP contribution in [0.5, 0.6) is 0 Å². The van der Waals surface area contributed by atoms with Gasteiger partial charge in [-0.3, -0.25) is 9.59 Å². The number of hydrogen-bond donors (Lipinski definition) is 3. The number of ketones is 2. The first kappa shape index (κ1) is 30.1. The predicted octanol–water partition coefficient (Wildman–Crippen LogP) is 3.26. The van der Waals surface area contributed by atoms with E-state index in [-0.39, 0.29) is 35.7 Å². The number of rotatable bonds is 14. The van der Waals surface area contributed by atoms with Crippen molar-refractivity contribution in [3.05, 3.63) is 12.2 Å². The number of epoxide rings is 1. The predicted molar refractivity (Wildman–Crippen MR) is 131 cm³/mol. The lowest BCUT2D eigenvalue weighted by Gasteiger charge is -2.43. The number of Topliss-reactive ketones (excluding diaryl/α,β-unsaturated/α-hetero) is 2. The van der Waals surface area contributed by atoms with Crippen LogP contribution in [0, 0.1) is 17.8 Å². The molecular weight excluding hydrogens is 440 g/mol. The van der Waals surface area contributed by atoms with Gasteiger partial charge in [0.25, 0.3) is 0 Å². The summed E-state index contributed by atoms with van der Waals surface area (Å²) in [5.74, 6) is -2.80. The fraction of sp³-hybridized carbons (Fsp3) is 0.840. The molecule has 0 aromatic carbocycles. The number of ether oxygens (including phenoxy) is 1. The van der Waals surface area contributed by atoms with Crippen molar-refractivity contribution >= 4 is 19.9 Å². The van der Waals surface area contributed by atoms with Crippen LogP contribution in [0.2, 0.25) is 18.1 Å². The van der Waals surface area contributed by atoms with Crippen LogP contribution >= 0.6 is 0 Å². The van der Waals surface area contributed by atoms with Crippen molar-refractivity contribution in [3.63, 3.8) is 0 Å². The Kier molecular flexibility index (Phi) is 10.7. The largest absolute Gasteiger partial charge is 0.410 e. The highest BCUT2D eigenvalue weighted by Gasteiger charge is 2.64. The summed E-state index contributed by atoms with van der Waals surface area (Å²) in [6, 6.07) is 0. The smallest absolute Gasteiger partial charge is 0.192 e. The summed E-state index contributed by atoms with van der Waals surface area (Å²) in [5.41, 5.74) is -0.804. The molecule has 1 aliphatic rings. The molecule has 1 unspecified atom stereocenters. The number of allylic oxidation sites excluding steroid dienone is 1. The fourth-order valence-electron chi connectivity index (χ4n) is 4.13. The molecule has 0 bridgehead atoms. The first-order valence-corrected chi connectivity index (χ1v) is 15.0. The van der Waals surface area contributed by atoms with Gasteiger partial charge < -0.3 is 24.5 Å². The van der Waals surface area contributed by atoms with Gasteiger partial charge in [-0.05, 0) is 32.0 Å². The van der Waals surface area contributed by atoms with Crippen LogP contribution in [0.15, 0.2) is 12.2 Å². The number of aliphatic hydroxyl groups is 3. The minimum Gasteiger partial charge on any atom is -0.410 e. The number of aliphatic hydroxyl groups excluding tert-OH is 3. The molecule has 33 heavy (non-hydrogen) atoms. The van der Waals surface area contributed by atoms with Crippen LogP contribution in [-0.4, -0.2) is 72.3 Å². The Hall–Kier alpha value is -0.903. The molecule has 0 aromatic rings. The van der Waals surface area contributed by atoms with Crippen LogP contribution in [-0.2, 0) is 18.8 Å². The minimum atomic E-state index is -2.39. The van der Waals surface area contributed by atoms with E-state index in [1.807, 2.05) is 32.9 Å². The molecule has 0 amide bonds. The van der Waals surface area contributed by atoms with Crippen molar-refractivity contribution in [2.24, 2.45) is 17.8 Å². The minimum absolute atomic E-state index is 0.0846. The zero-order chi connectivity index (χ0) is 25.8. The molecule has 8 heteroatoms. The first-order chi connectivity index (χ1) is 15.1. The third-order valence-electron chi connectivity index (χ3n) is 7.44. The summed E-state index contributed by atoms with van der Waals surface area (Å²) in [6.45, 7) is 16.9. The lowest BCUT2D eigenvalue weighted by Crippen LogP contribution is -2.55. The van der Waals surface area contributed by atoms with Gasteiger partial charge in [0.15, 0.2) is 8.32 Å². The van der Waals surface area contributed by atoms with E-state index in [1.54, 1.807) is 6.92 Å². The molecule has 1 rings (SSSR count). The van der Waals surface area contributed by atoms with Crippen LogP contribution in [0.3, 0.4) is 0 Å². The van der Waals surface area contributed by atoms with E-state index < -0.39 is 57.0 Å². The maximum atomic E-state index is 13.5. The number of hydrogen-bond acceptors (Lipinski definition) is 7. The summed E-state index contributed by atoms with van der Waals surface area (Å²) in [4.78, 5) is 25.4. The van der Waals surface area contributed by atoms with Crippen LogP contribution in [0.25, 0.3) is 0 Å². The molecule has 192 valence electrons. The van der Waals surface area contributed by atoms with Gasteiger partial charge in [0.2, 0.25) is 0 Å². The van der Waals surface area contributed by atoms with E-state index in [4.69, 9.17) is 9.16 Å². The second kappa shape index (κ2) is 11.7. The average Bonchev–Trinajstić information content (AvgIpc) is 3.40. The molecule has 0 spiro atoms. The Morgan fingerprint density at radius 3 is 2.15 bits per heavy atom. The molecule has 0 saturated carbocycles. The van der Waals surface area contributed by atoms with Crippen LogP contribution < -0.4 is 0 Å². The summed E-state index contributed by atoms with van der Waals surface area (Å²) >= 11 is 0. The molecule has 1 aliphatic heterocycles. The SMILES string of the molecule is C/C=C\[C@H](C)[C@H]1OC1(C)[C@@H](O[Si](C)(C)C(C)(C)C)[C@@H](CO)C(=O)[C@H](CO)[C@H](O)CC(=O)CC. The van der Waals surface area contributed by atoms with Crippen LogP contribution in [0.1, 0.15) is 61.3 Å². The Bertz CT molecular complexity index is 699. The molecule has 0 aromatic heterocycles. The van der Waals surface area contributed by atoms with E-state index in [0.717, 1.165) is 0 Å². The number of carbonyl (C=O) groups excluding carboxylic acids is 2. The van der Waals surface area contributed by atoms with Crippen molar-refractivity contribution < 1.29 is 34.1 Å². The monoisotopic (exact) mass is 486 g/mol. The zero-order valence-corrected chi connectivity index (χ0v) is 22.9. The molecule has 0 aliphatic carbocycles. The van der Waals surface area contributed by atoms with Gasteiger partial charge >= 0.3 is 0 Å². The van der Waals surface area contributed by atoms with Gasteiger partial charge in [-0.2, -0.15) is 0 Å². The average molecular weight is 487 g/mol. The Morgan fingerprint density at radius 1 is 1.18 bits per heavy atom. The molecule has 3 N–H and O–H groups in total. The van der Waals surface area contributed by atoms with Crippen molar-refractivity contribution in [2.75, 3.05) is 13.2 Å². The van der Waals surface area contributed by atoms with Crippen LogP contribution in [0.4, 0.5) is 0 Å². The molecule has 0 radical (unpaired) electrons. The quantitative estimate of drug-likeness (QED) is 0.196. The third kappa shape index (κ3) is 7.05. The van der Waals surface area contributed by atoms with Gasteiger partial charge in [0.05, 0.1) is 43.4 Å². The van der Waals surface area contributed by atoms with Gasteiger partial charge in [0, 0.05) is 18.8 Å². The molecular formula is C25H46O7Si. The molecule has 1 saturated heterocycles. The van der Waals surface area contributed by atoms with E-state index in [1.165, 1.54) is 0 Å². The van der Waals surface area contributed by atoms with Gasteiger partial charge in [0.1, 0.15) is 17.2 Å². The van der Waals surface area contributed by atoms with E-state index in [2.05, 4.69) is 33.9 Å². The highest BCUT2D eigenvalue weighted by molar-refractivity contribution is 6.74. The van der Waals surface area contributed by atoms with Gasteiger partial charge in [-0.15, -0.1) is 0 Å². The Labute approximate surface area is 200 Å². The maximum absolute atomic E-state index is 13.5. The van der Waals surface area contributed by atoms with Crippen molar-refractivity contribution in [1.82, 2.24) is 0 Å². The standard InChI is InChI=1S/C25H46O7Si/c1-10-12-16(3)22-25(7,31-22)23(32-33(8,9)24(4,5)6)19(15-27)21(30)18(14-26)20(29)13-17(28)11-2/h10,12,16,18-20,22-23,26-27,29H,11,13-15H2,1-9H3/b12-10-/t16-,18+,19-,20+,22+,23-,25?/m0/s1. The highest BCUT2D eigenvalue weighted by Crippen LogP contribution is 2.50. The van der Waals surface area contributed by atoms with Gasteiger partial charge in [-0.25, -0.2) is 0 Å². The Balaban J connectivity index is 3.36. The highest BCUT2D eigenvalue weighted by atomic mass is 28.4. The topological polar surface area (TPSA) is 117 Å². The summed E-state index contributed by atoms with van der Waals surface area (Å²) in [5, 5.41) is 30.7. The summed E-state index contributed by atoms with van der Waals surface area (Å²) in [7, 11) is -2.39. The van der Waals surface area contributed by atoms with Crippen molar-refractivity contribution in [1.29, 1.82) is 0 Å². The first-order valence-electron chi connectivity index (χ1n) is 12.0. The second-order valence-electron chi connectivity index (χ2n) is 11.1. The second-order valence-corrected chi connectivity index (χ2v) is 15.8. The third-order valence-corrected chi connectivity index (χ3v) is 11.9. The van der Waals surface area contributed by atoms with Crippen molar-refractivity contribution in [3.8, 4) is 0 Å². The summed E-state index contributed by atoms with van der Waals surface area (Å²) in [6.07, 6.45) is 1.75. The normalized spacial score (nSPS) is 26.0. The van der Waals surface area contributed by atoms with Crippen molar-refractivity contribution in [2.45, 2.75) is 103 Å². The lowest BCUT2D eigenvalue weighted by atomic mass is 9.79. The van der Waals surface area contributed by atoms with E-state index in [9.17, 15) is 24.9 Å². The fourth-order valence-corrected chi connectivity index (χ4v) is 5.51. The van der Waals surface area contributed by atoms with E-state index >= 15 is 0 Å².